The van der Waals surface area contributed by atoms with Gasteiger partial charge in [-0.1, -0.05) is 0 Å². The van der Waals surface area contributed by atoms with E-state index in [9.17, 15) is 9.90 Å². The molecule has 5 atom stereocenters. The number of rotatable bonds is 4. The molecule has 0 aromatic rings. The fraction of sp³-hybridized carbons (Fsp3) is 0.947. The highest BCUT2D eigenvalue weighted by atomic mass is 16.5. The molecule has 3 rings (SSSR count). The van der Waals surface area contributed by atoms with Crippen LogP contribution in [0.1, 0.15) is 44.9 Å². The third-order valence-corrected chi connectivity index (χ3v) is 6.79. The van der Waals surface area contributed by atoms with Crippen molar-refractivity contribution in [1.29, 1.82) is 0 Å². The van der Waals surface area contributed by atoms with Gasteiger partial charge in [-0.05, 0) is 70.4 Å². The Morgan fingerprint density at radius 3 is 2.25 bits per heavy atom. The van der Waals surface area contributed by atoms with Crippen molar-refractivity contribution in [2.24, 2.45) is 17.8 Å². The second kappa shape index (κ2) is 7.81. The average molecular weight is 339 g/mol. The summed E-state index contributed by atoms with van der Waals surface area (Å²) in [6.45, 7) is 0.987. The number of carbonyl (C=O) groups is 1. The minimum atomic E-state index is -0.208. The number of ketones is 1. The fourth-order valence-electron chi connectivity index (χ4n) is 5.32. The SMILES string of the molecule is COC1CC2CCN(C)C(C(=O)C3CCC(O)CC3)C2CC1OC. The average Bonchev–Trinajstić information content (AvgIpc) is 2.60. The van der Waals surface area contributed by atoms with Crippen molar-refractivity contribution in [1.82, 2.24) is 4.90 Å². The van der Waals surface area contributed by atoms with Crippen molar-refractivity contribution in [3.8, 4) is 0 Å². The number of fused-ring (bicyclic) bond motifs is 1. The van der Waals surface area contributed by atoms with Crippen LogP contribution < -0.4 is 0 Å². The lowest BCUT2D eigenvalue weighted by Crippen LogP contribution is -2.57. The third kappa shape index (κ3) is 3.55. The van der Waals surface area contributed by atoms with Crippen molar-refractivity contribution in [2.75, 3.05) is 27.8 Å². The zero-order valence-electron chi connectivity index (χ0n) is 15.3. The van der Waals surface area contributed by atoms with Gasteiger partial charge in [0.1, 0.15) is 0 Å². The van der Waals surface area contributed by atoms with Gasteiger partial charge in [0.2, 0.25) is 0 Å². The van der Waals surface area contributed by atoms with E-state index in [4.69, 9.17) is 9.47 Å². The van der Waals surface area contributed by atoms with Gasteiger partial charge >= 0.3 is 0 Å². The first-order valence-electron chi connectivity index (χ1n) is 9.52. The lowest BCUT2D eigenvalue weighted by Gasteiger charge is -2.50. The lowest BCUT2D eigenvalue weighted by atomic mass is 9.66. The van der Waals surface area contributed by atoms with E-state index in [1.54, 1.807) is 14.2 Å². The van der Waals surface area contributed by atoms with Crippen LogP contribution in [0, 0.1) is 17.8 Å². The maximum Gasteiger partial charge on any atom is 0.153 e. The summed E-state index contributed by atoms with van der Waals surface area (Å²) in [5, 5.41) is 9.73. The smallest absolute Gasteiger partial charge is 0.153 e. The molecule has 0 radical (unpaired) electrons. The highest BCUT2D eigenvalue weighted by Gasteiger charge is 2.48. The minimum absolute atomic E-state index is 0.0134. The molecular weight excluding hydrogens is 306 g/mol. The van der Waals surface area contributed by atoms with E-state index in [1.807, 2.05) is 0 Å². The van der Waals surface area contributed by atoms with Gasteiger partial charge in [0.05, 0.1) is 24.4 Å². The van der Waals surface area contributed by atoms with Crippen molar-refractivity contribution in [3.05, 3.63) is 0 Å². The Kier molecular flexibility index (Phi) is 5.96. The molecule has 2 aliphatic carbocycles. The number of methoxy groups -OCH3 is 2. The second-order valence-corrected chi connectivity index (χ2v) is 8.07. The van der Waals surface area contributed by atoms with Crippen LogP contribution >= 0.6 is 0 Å². The van der Waals surface area contributed by atoms with Gasteiger partial charge < -0.3 is 14.6 Å². The van der Waals surface area contributed by atoms with Crippen LogP contribution in [0.15, 0.2) is 0 Å². The molecule has 1 aliphatic heterocycles. The van der Waals surface area contributed by atoms with E-state index < -0.39 is 0 Å². The van der Waals surface area contributed by atoms with E-state index in [2.05, 4.69) is 11.9 Å². The van der Waals surface area contributed by atoms with Gasteiger partial charge in [-0.2, -0.15) is 0 Å². The fourth-order valence-corrected chi connectivity index (χ4v) is 5.32. The summed E-state index contributed by atoms with van der Waals surface area (Å²) in [5.41, 5.74) is 0. The molecule has 3 aliphatic rings. The number of piperidine rings is 1. The van der Waals surface area contributed by atoms with Crippen LogP contribution in [0.3, 0.4) is 0 Å². The molecule has 0 spiro atoms. The number of Topliss-reactive ketones (excluding diaryl/α,β-unsaturated/α-hetero) is 1. The van der Waals surface area contributed by atoms with Crippen LogP contribution in [0.25, 0.3) is 0 Å². The molecule has 0 aromatic carbocycles. The third-order valence-electron chi connectivity index (χ3n) is 6.79. The van der Waals surface area contributed by atoms with Crippen LogP contribution in [-0.4, -0.2) is 68.0 Å². The summed E-state index contributed by atoms with van der Waals surface area (Å²) in [6, 6.07) is 0.0134. The second-order valence-electron chi connectivity index (χ2n) is 8.07. The summed E-state index contributed by atoms with van der Waals surface area (Å²) >= 11 is 0. The molecule has 1 N–H and O–H groups in total. The first kappa shape index (κ1) is 18.3. The molecular formula is C19H33NO4. The lowest BCUT2D eigenvalue weighted by molar-refractivity contribution is -0.143. The Morgan fingerprint density at radius 1 is 1.00 bits per heavy atom. The normalized spacial score (nSPS) is 44.1. The number of aliphatic hydroxyl groups is 1. The number of likely N-dealkylation sites (tertiary alicyclic amines) is 1. The molecule has 5 unspecified atom stereocenters. The van der Waals surface area contributed by atoms with Crippen molar-refractivity contribution in [3.63, 3.8) is 0 Å². The first-order chi connectivity index (χ1) is 11.5. The van der Waals surface area contributed by atoms with Crippen LogP contribution in [0.5, 0.6) is 0 Å². The standard InChI is InChI=1S/C19H33NO4/c1-20-9-8-13-10-16(23-2)17(24-3)11-15(13)18(20)19(22)12-4-6-14(21)7-5-12/h12-18,21H,4-11H2,1-3H3. The molecule has 2 saturated carbocycles. The minimum Gasteiger partial charge on any atom is -0.393 e. The van der Waals surface area contributed by atoms with E-state index in [-0.39, 0.29) is 30.3 Å². The molecule has 0 bridgehead atoms. The molecule has 24 heavy (non-hydrogen) atoms. The molecule has 0 amide bonds. The van der Waals surface area contributed by atoms with Gasteiger partial charge in [-0.3, -0.25) is 9.69 Å². The summed E-state index contributed by atoms with van der Waals surface area (Å²) in [6.07, 6.45) is 6.32. The molecule has 1 saturated heterocycles. The summed E-state index contributed by atoms with van der Waals surface area (Å²) in [7, 11) is 5.62. The molecule has 5 nitrogen and oxygen atoms in total. The van der Waals surface area contributed by atoms with Crippen LogP contribution in [0.2, 0.25) is 0 Å². The summed E-state index contributed by atoms with van der Waals surface area (Å²) < 4.78 is 11.3. The zero-order chi connectivity index (χ0) is 17.3. The maximum atomic E-state index is 13.3. The largest absolute Gasteiger partial charge is 0.393 e. The number of ether oxygens (including phenoxy) is 2. The summed E-state index contributed by atoms with van der Waals surface area (Å²) in [5.74, 6) is 1.46. The Hall–Kier alpha value is -0.490. The van der Waals surface area contributed by atoms with Gasteiger partial charge in [-0.25, -0.2) is 0 Å². The number of likely N-dealkylation sites (N-methyl/N-ethyl adjacent to an activating group) is 1. The zero-order valence-corrected chi connectivity index (χ0v) is 15.3. The Balaban J connectivity index is 1.74. The topological polar surface area (TPSA) is 59.0 Å². The van der Waals surface area contributed by atoms with Gasteiger partial charge in [0.25, 0.3) is 0 Å². The predicted molar refractivity (Wildman–Crippen MR) is 91.8 cm³/mol. The van der Waals surface area contributed by atoms with E-state index in [1.165, 1.54) is 0 Å². The van der Waals surface area contributed by atoms with E-state index in [0.29, 0.717) is 17.6 Å². The van der Waals surface area contributed by atoms with E-state index in [0.717, 1.165) is 51.5 Å². The van der Waals surface area contributed by atoms with Gasteiger partial charge in [-0.15, -0.1) is 0 Å². The van der Waals surface area contributed by atoms with Gasteiger partial charge in [0, 0.05) is 20.1 Å². The van der Waals surface area contributed by atoms with Crippen molar-refractivity contribution in [2.45, 2.75) is 69.3 Å². The predicted octanol–water partition coefficient (Wildman–Crippen LogP) is 1.87. The Morgan fingerprint density at radius 2 is 1.62 bits per heavy atom. The highest BCUT2D eigenvalue weighted by Crippen LogP contribution is 2.43. The van der Waals surface area contributed by atoms with Gasteiger partial charge in [0.15, 0.2) is 5.78 Å². The Labute approximate surface area is 145 Å². The number of carbonyl (C=O) groups excluding carboxylic acids is 1. The number of hydrogen-bond acceptors (Lipinski definition) is 5. The van der Waals surface area contributed by atoms with Crippen LogP contribution in [-0.2, 0) is 14.3 Å². The maximum absolute atomic E-state index is 13.3. The molecule has 5 heteroatoms. The molecule has 3 fully saturated rings. The highest BCUT2D eigenvalue weighted by molar-refractivity contribution is 5.87. The number of hydrogen-bond donors (Lipinski definition) is 1. The van der Waals surface area contributed by atoms with Crippen molar-refractivity contribution >= 4 is 5.78 Å². The van der Waals surface area contributed by atoms with Crippen LogP contribution in [0.4, 0.5) is 0 Å². The summed E-state index contributed by atoms with van der Waals surface area (Å²) in [4.78, 5) is 15.5. The number of nitrogens with zero attached hydrogens (tertiary/aromatic N) is 1. The quantitative estimate of drug-likeness (QED) is 0.847. The molecule has 138 valence electrons. The monoisotopic (exact) mass is 339 g/mol. The Bertz CT molecular complexity index is 435. The van der Waals surface area contributed by atoms with Crippen molar-refractivity contribution < 1.29 is 19.4 Å². The first-order valence-corrected chi connectivity index (χ1v) is 9.52. The molecule has 1 heterocycles. The van der Waals surface area contributed by atoms with E-state index >= 15 is 0 Å². The number of aliphatic hydroxyl groups excluding tert-OH is 1. The molecule has 0 aromatic heterocycles.